The molecule has 1 aliphatic carbocycles. The van der Waals surface area contributed by atoms with Gasteiger partial charge in [0, 0.05) is 6.42 Å². The molecule has 2 rings (SSSR count). The smallest absolute Gasteiger partial charge is 0.145 e. The van der Waals surface area contributed by atoms with E-state index < -0.39 is 0 Å². The van der Waals surface area contributed by atoms with Crippen molar-refractivity contribution in [2.45, 2.75) is 47.1 Å². The second-order valence-electron chi connectivity index (χ2n) is 5.66. The van der Waals surface area contributed by atoms with Gasteiger partial charge >= 0.3 is 0 Å². The van der Waals surface area contributed by atoms with E-state index in [2.05, 4.69) is 32.9 Å². The van der Waals surface area contributed by atoms with Gasteiger partial charge in [-0.25, -0.2) is 0 Å². The molecule has 1 aliphatic rings. The van der Waals surface area contributed by atoms with Crippen LogP contribution in [0.25, 0.3) is 0 Å². The van der Waals surface area contributed by atoms with Crippen LogP contribution >= 0.6 is 0 Å². The molecule has 92 valence electrons. The van der Waals surface area contributed by atoms with E-state index >= 15 is 0 Å². The van der Waals surface area contributed by atoms with Gasteiger partial charge in [-0.2, -0.15) is 0 Å². The first-order valence-electron chi connectivity index (χ1n) is 6.10. The predicted octanol–water partition coefficient (Wildman–Crippen LogP) is 3.36. The fourth-order valence-electron chi connectivity index (χ4n) is 2.20. The number of ether oxygens (including phenoxy) is 1. The molecule has 1 aromatic carbocycles. The lowest BCUT2D eigenvalue weighted by Crippen LogP contribution is -2.53. The minimum atomic E-state index is -0.329. The van der Waals surface area contributed by atoms with Crippen molar-refractivity contribution in [2.24, 2.45) is 5.41 Å². The number of carbonyl (C=O) groups is 1. The molecule has 2 heteroatoms. The Morgan fingerprint density at radius 3 is 2.41 bits per heavy atom. The van der Waals surface area contributed by atoms with Gasteiger partial charge in [0.15, 0.2) is 0 Å². The summed E-state index contributed by atoms with van der Waals surface area (Å²) in [6, 6.07) is 4.21. The Morgan fingerprint density at radius 1 is 1.24 bits per heavy atom. The number of benzene rings is 1. The van der Waals surface area contributed by atoms with Crippen LogP contribution in [0.1, 0.15) is 37.0 Å². The highest BCUT2D eigenvalue weighted by atomic mass is 16.5. The van der Waals surface area contributed by atoms with Crippen molar-refractivity contribution in [3.8, 4) is 5.75 Å². The summed E-state index contributed by atoms with van der Waals surface area (Å²) in [6.07, 6.45) is 0.564. The quantitative estimate of drug-likeness (QED) is 0.781. The van der Waals surface area contributed by atoms with Gasteiger partial charge in [-0.05, 0) is 57.4 Å². The molecule has 1 aromatic rings. The Hall–Kier alpha value is -1.31. The van der Waals surface area contributed by atoms with Crippen molar-refractivity contribution in [2.75, 3.05) is 0 Å². The van der Waals surface area contributed by atoms with E-state index in [1.165, 1.54) is 16.7 Å². The summed E-state index contributed by atoms with van der Waals surface area (Å²) in [4.78, 5) is 11.5. The van der Waals surface area contributed by atoms with Crippen molar-refractivity contribution in [1.82, 2.24) is 0 Å². The highest BCUT2D eigenvalue weighted by Crippen LogP contribution is 2.40. The molecular weight excluding hydrogens is 212 g/mol. The van der Waals surface area contributed by atoms with Crippen LogP contribution in [-0.2, 0) is 4.79 Å². The van der Waals surface area contributed by atoms with Crippen LogP contribution in [-0.4, -0.2) is 11.9 Å². The van der Waals surface area contributed by atoms with E-state index in [0.29, 0.717) is 12.2 Å². The lowest BCUT2D eigenvalue weighted by molar-refractivity contribution is -0.148. The zero-order valence-corrected chi connectivity index (χ0v) is 11.3. The Kier molecular flexibility index (Phi) is 2.76. The summed E-state index contributed by atoms with van der Waals surface area (Å²) in [6.45, 7) is 10.1. The molecule has 0 spiro atoms. The SMILES string of the molecule is Cc1cc(C)c(C)c(OC2CC(=O)C2(C)C)c1. The number of carbonyl (C=O) groups excluding carboxylic acids is 1. The minimum absolute atomic E-state index is 0.0231. The zero-order chi connectivity index (χ0) is 12.8. The first kappa shape index (κ1) is 12.2. The molecule has 0 saturated heterocycles. The molecule has 1 saturated carbocycles. The number of hydrogen-bond acceptors (Lipinski definition) is 2. The van der Waals surface area contributed by atoms with Gasteiger partial charge in [0.25, 0.3) is 0 Å². The van der Waals surface area contributed by atoms with E-state index in [9.17, 15) is 4.79 Å². The standard InChI is InChI=1S/C15H20O2/c1-9-6-10(2)11(3)12(7-9)17-14-8-13(16)15(14,4)5/h6-7,14H,8H2,1-5H3. The Balaban J connectivity index is 2.23. The van der Waals surface area contributed by atoms with Crippen LogP contribution in [0.3, 0.4) is 0 Å². The third-order valence-corrected chi connectivity index (χ3v) is 3.93. The minimum Gasteiger partial charge on any atom is -0.489 e. The van der Waals surface area contributed by atoms with Crippen LogP contribution in [0.4, 0.5) is 0 Å². The highest BCUT2D eigenvalue weighted by molar-refractivity contribution is 5.91. The van der Waals surface area contributed by atoms with Crippen LogP contribution in [0.5, 0.6) is 5.75 Å². The number of hydrogen-bond donors (Lipinski definition) is 0. The molecule has 0 N–H and O–H groups in total. The molecule has 0 aliphatic heterocycles. The average molecular weight is 232 g/mol. The third kappa shape index (κ3) is 1.97. The maximum Gasteiger partial charge on any atom is 0.145 e. The van der Waals surface area contributed by atoms with Crippen molar-refractivity contribution in [1.29, 1.82) is 0 Å². The summed E-state index contributed by atoms with van der Waals surface area (Å²) >= 11 is 0. The summed E-state index contributed by atoms with van der Waals surface area (Å²) in [5, 5.41) is 0. The van der Waals surface area contributed by atoms with Crippen molar-refractivity contribution in [3.63, 3.8) is 0 Å². The first-order valence-corrected chi connectivity index (χ1v) is 6.10. The summed E-state index contributed by atoms with van der Waals surface area (Å²) in [5.41, 5.74) is 3.28. The van der Waals surface area contributed by atoms with Crippen molar-refractivity contribution < 1.29 is 9.53 Å². The fraction of sp³-hybridized carbons (Fsp3) is 0.533. The maximum atomic E-state index is 11.5. The van der Waals surface area contributed by atoms with Crippen molar-refractivity contribution >= 4 is 5.78 Å². The van der Waals surface area contributed by atoms with Gasteiger partial charge in [0.2, 0.25) is 0 Å². The topological polar surface area (TPSA) is 26.3 Å². The molecule has 17 heavy (non-hydrogen) atoms. The van der Waals surface area contributed by atoms with Crippen molar-refractivity contribution in [3.05, 3.63) is 28.8 Å². The van der Waals surface area contributed by atoms with Crippen LogP contribution in [0.15, 0.2) is 12.1 Å². The average Bonchev–Trinajstić information content (AvgIpc) is 2.24. The van der Waals surface area contributed by atoms with Gasteiger partial charge in [-0.3, -0.25) is 4.79 Å². The Bertz CT molecular complexity index is 472. The molecule has 0 bridgehead atoms. The van der Waals surface area contributed by atoms with Crippen LogP contribution < -0.4 is 4.74 Å². The number of Topliss-reactive ketones (excluding diaryl/α,β-unsaturated/α-hetero) is 1. The zero-order valence-electron chi connectivity index (χ0n) is 11.3. The van der Waals surface area contributed by atoms with Gasteiger partial charge in [-0.1, -0.05) is 6.07 Å². The Morgan fingerprint density at radius 2 is 1.88 bits per heavy atom. The normalized spacial score (nSPS) is 22.2. The highest BCUT2D eigenvalue weighted by Gasteiger charge is 2.49. The van der Waals surface area contributed by atoms with Gasteiger partial charge in [0.1, 0.15) is 17.6 Å². The monoisotopic (exact) mass is 232 g/mol. The van der Waals surface area contributed by atoms with E-state index in [-0.39, 0.29) is 11.5 Å². The van der Waals surface area contributed by atoms with Gasteiger partial charge < -0.3 is 4.74 Å². The molecule has 1 fully saturated rings. The molecule has 0 aromatic heterocycles. The van der Waals surface area contributed by atoms with Gasteiger partial charge in [0.05, 0.1) is 5.41 Å². The number of ketones is 1. The van der Waals surface area contributed by atoms with E-state index in [1.807, 2.05) is 13.8 Å². The third-order valence-electron chi connectivity index (χ3n) is 3.93. The number of rotatable bonds is 2. The first-order chi connectivity index (χ1) is 7.82. The maximum absolute atomic E-state index is 11.5. The lowest BCUT2D eigenvalue weighted by atomic mass is 9.68. The molecule has 2 nitrogen and oxygen atoms in total. The molecule has 1 unspecified atom stereocenters. The molecule has 0 amide bonds. The van der Waals surface area contributed by atoms with E-state index in [4.69, 9.17) is 4.74 Å². The Labute approximate surface area is 103 Å². The molecular formula is C15H20O2. The second kappa shape index (κ2) is 3.86. The number of aryl methyl sites for hydroxylation is 2. The lowest BCUT2D eigenvalue weighted by Gasteiger charge is -2.42. The summed E-state index contributed by atoms with van der Waals surface area (Å²) in [5.74, 6) is 1.22. The van der Waals surface area contributed by atoms with E-state index in [0.717, 1.165) is 5.75 Å². The van der Waals surface area contributed by atoms with Crippen LogP contribution in [0.2, 0.25) is 0 Å². The molecule has 1 atom stereocenters. The fourth-order valence-corrected chi connectivity index (χ4v) is 2.20. The molecule has 0 heterocycles. The summed E-state index contributed by atoms with van der Waals surface area (Å²) in [7, 11) is 0. The second-order valence-corrected chi connectivity index (χ2v) is 5.66. The van der Waals surface area contributed by atoms with Crippen LogP contribution in [0, 0.1) is 26.2 Å². The van der Waals surface area contributed by atoms with E-state index in [1.54, 1.807) is 0 Å². The van der Waals surface area contributed by atoms with Gasteiger partial charge in [-0.15, -0.1) is 0 Å². The predicted molar refractivity (Wildman–Crippen MR) is 68.5 cm³/mol. The largest absolute Gasteiger partial charge is 0.489 e. The summed E-state index contributed by atoms with van der Waals surface area (Å²) < 4.78 is 6.01. The molecule has 0 radical (unpaired) electrons.